The maximum Gasteiger partial charge on any atom is 0.265 e. The first-order chi connectivity index (χ1) is 11.3. The number of nitrogens with two attached hydrogens (primary N) is 1. The first-order valence-electron chi connectivity index (χ1n) is 6.80. The molecule has 0 aliphatic rings. The Morgan fingerprint density at radius 1 is 1.04 bits per heavy atom. The molecule has 8 heteroatoms. The van der Waals surface area contributed by atoms with Gasteiger partial charge >= 0.3 is 0 Å². The zero-order valence-corrected chi connectivity index (χ0v) is 12.5. The third-order valence-electron chi connectivity index (χ3n) is 3.11. The van der Waals surface area contributed by atoms with Gasteiger partial charge in [-0.3, -0.25) is 9.59 Å². The van der Waals surface area contributed by atoms with Crippen LogP contribution >= 0.6 is 0 Å². The van der Waals surface area contributed by atoms with E-state index in [-0.39, 0.29) is 11.3 Å². The molecule has 0 heterocycles. The van der Waals surface area contributed by atoms with Gasteiger partial charge in [0.25, 0.3) is 5.91 Å². The smallest absolute Gasteiger partial charge is 0.265 e. The number of hydrogen-bond donors (Lipinski definition) is 2. The van der Waals surface area contributed by atoms with Gasteiger partial charge < -0.3 is 15.8 Å². The molecular formula is C16H13F3N2O3. The Kier molecular flexibility index (Phi) is 5.08. The molecule has 2 aromatic carbocycles. The first kappa shape index (κ1) is 17.3. The van der Waals surface area contributed by atoms with Gasteiger partial charge in [0.05, 0.1) is 5.69 Å². The molecule has 24 heavy (non-hydrogen) atoms. The Labute approximate surface area is 135 Å². The molecule has 1 atom stereocenters. The summed E-state index contributed by atoms with van der Waals surface area (Å²) in [5.74, 6) is -5.64. The molecule has 2 aromatic rings. The van der Waals surface area contributed by atoms with Gasteiger partial charge in [0.1, 0.15) is 5.75 Å². The van der Waals surface area contributed by atoms with E-state index >= 15 is 0 Å². The van der Waals surface area contributed by atoms with Gasteiger partial charge in [-0.2, -0.15) is 0 Å². The second kappa shape index (κ2) is 7.03. The van der Waals surface area contributed by atoms with E-state index in [0.717, 1.165) is 6.07 Å². The first-order valence-corrected chi connectivity index (χ1v) is 6.80. The lowest BCUT2D eigenvalue weighted by Crippen LogP contribution is -2.30. The van der Waals surface area contributed by atoms with Gasteiger partial charge in [-0.05, 0) is 43.3 Å². The second-order valence-electron chi connectivity index (χ2n) is 4.86. The van der Waals surface area contributed by atoms with Crippen LogP contribution in [0.5, 0.6) is 5.75 Å². The van der Waals surface area contributed by atoms with E-state index in [9.17, 15) is 22.8 Å². The number of benzene rings is 2. The van der Waals surface area contributed by atoms with Crippen molar-refractivity contribution in [3.8, 4) is 5.75 Å². The summed E-state index contributed by atoms with van der Waals surface area (Å²) in [7, 11) is 0. The zero-order valence-electron chi connectivity index (χ0n) is 12.5. The van der Waals surface area contributed by atoms with Crippen LogP contribution < -0.4 is 15.8 Å². The van der Waals surface area contributed by atoms with Crippen molar-refractivity contribution in [1.82, 2.24) is 0 Å². The highest BCUT2D eigenvalue weighted by Gasteiger charge is 2.19. The summed E-state index contributed by atoms with van der Waals surface area (Å²) in [4.78, 5) is 22.9. The maximum atomic E-state index is 13.5. The predicted octanol–water partition coefficient (Wildman–Crippen LogP) is 2.61. The fourth-order valence-corrected chi connectivity index (χ4v) is 1.81. The molecule has 0 saturated carbocycles. The summed E-state index contributed by atoms with van der Waals surface area (Å²) in [5.41, 5.74) is 4.87. The van der Waals surface area contributed by atoms with Gasteiger partial charge in [0.2, 0.25) is 5.91 Å². The number of nitrogens with one attached hydrogen (secondary N) is 1. The lowest BCUT2D eigenvalue weighted by atomic mass is 10.2. The zero-order chi connectivity index (χ0) is 17.9. The molecule has 0 radical (unpaired) electrons. The molecule has 0 saturated heterocycles. The highest BCUT2D eigenvalue weighted by atomic mass is 19.2. The fraction of sp³-hybridized carbons (Fsp3) is 0.125. The van der Waals surface area contributed by atoms with Gasteiger partial charge in [0, 0.05) is 5.56 Å². The molecule has 0 fully saturated rings. The van der Waals surface area contributed by atoms with E-state index in [1.807, 2.05) is 0 Å². The van der Waals surface area contributed by atoms with E-state index in [2.05, 4.69) is 5.32 Å². The van der Waals surface area contributed by atoms with Crippen LogP contribution in [0.25, 0.3) is 0 Å². The third kappa shape index (κ3) is 3.83. The Morgan fingerprint density at radius 3 is 2.25 bits per heavy atom. The van der Waals surface area contributed by atoms with E-state index in [1.165, 1.54) is 31.2 Å². The summed E-state index contributed by atoms with van der Waals surface area (Å²) >= 11 is 0. The number of carbonyl (C=O) groups excluding carboxylic acids is 2. The molecule has 0 aliphatic heterocycles. The third-order valence-corrected chi connectivity index (χ3v) is 3.11. The van der Waals surface area contributed by atoms with Crippen LogP contribution in [-0.4, -0.2) is 17.9 Å². The number of amides is 2. The molecule has 2 rings (SSSR count). The number of hydrogen-bond acceptors (Lipinski definition) is 3. The number of ether oxygens (including phenoxy) is 1. The van der Waals surface area contributed by atoms with Crippen LogP contribution in [0.3, 0.4) is 0 Å². The van der Waals surface area contributed by atoms with E-state index in [1.54, 1.807) is 0 Å². The summed E-state index contributed by atoms with van der Waals surface area (Å²) in [6, 6.07) is 7.29. The SMILES string of the molecule is C[C@H](Oc1ccc(C(N)=O)cc1)C(=O)Nc1ccc(F)c(F)c1F. The highest BCUT2D eigenvalue weighted by Crippen LogP contribution is 2.20. The molecule has 3 N–H and O–H groups in total. The summed E-state index contributed by atoms with van der Waals surface area (Å²) in [6.45, 7) is 1.38. The number of rotatable bonds is 5. The normalized spacial score (nSPS) is 11.7. The van der Waals surface area contributed by atoms with Crippen molar-refractivity contribution in [1.29, 1.82) is 0 Å². The van der Waals surface area contributed by atoms with Crippen LogP contribution in [0, 0.1) is 17.5 Å². The van der Waals surface area contributed by atoms with Gasteiger partial charge in [-0.15, -0.1) is 0 Å². The van der Waals surface area contributed by atoms with Crippen molar-refractivity contribution in [2.24, 2.45) is 5.73 Å². The Morgan fingerprint density at radius 2 is 1.67 bits per heavy atom. The molecule has 0 unspecified atom stereocenters. The van der Waals surface area contributed by atoms with E-state index in [4.69, 9.17) is 10.5 Å². The quantitative estimate of drug-likeness (QED) is 0.822. The van der Waals surface area contributed by atoms with Crippen LogP contribution in [0.15, 0.2) is 36.4 Å². The molecule has 126 valence electrons. The van der Waals surface area contributed by atoms with Crippen molar-refractivity contribution >= 4 is 17.5 Å². The fourth-order valence-electron chi connectivity index (χ4n) is 1.81. The summed E-state index contributed by atoms with van der Waals surface area (Å²) in [5, 5.41) is 2.11. The number of carbonyl (C=O) groups is 2. The monoisotopic (exact) mass is 338 g/mol. The molecule has 0 aliphatic carbocycles. The minimum Gasteiger partial charge on any atom is -0.481 e. The number of halogens is 3. The number of primary amides is 1. The minimum atomic E-state index is -1.68. The topological polar surface area (TPSA) is 81.4 Å². The molecule has 2 amide bonds. The average molecular weight is 338 g/mol. The molecule has 5 nitrogen and oxygen atoms in total. The molecular weight excluding hydrogens is 325 g/mol. The van der Waals surface area contributed by atoms with Crippen LogP contribution in [0.1, 0.15) is 17.3 Å². The average Bonchev–Trinajstić information content (AvgIpc) is 2.55. The van der Waals surface area contributed by atoms with Crippen molar-refractivity contribution in [2.45, 2.75) is 13.0 Å². The Balaban J connectivity index is 2.04. The summed E-state index contributed by atoms with van der Waals surface area (Å²) < 4.78 is 44.8. The molecule has 0 aromatic heterocycles. The number of anilines is 1. The van der Waals surface area contributed by atoms with Gasteiger partial charge in [-0.1, -0.05) is 0 Å². The Hall–Kier alpha value is -3.03. The molecule has 0 spiro atoms. The van der Waals surface area contributed by atoms with Crippen molar-refractivity contribution in [3.05, 3.63) is 59.4 Å². The van der Waals surface area contributed by atoms with E-state index < -0.39 is 41.1 Å². The van der Waals surface area contributed by atoms with Crippen molar-refractivity contribution < 1.29 is 27.5 Å². The maximum absolute atomic E-state index is 13.5. The highest BCUT2D eigenvalue weighted by molar-refractivity contribution is 5.94. The van der Waals surface area contributed by atoms with Gasteiger partial charge in [-0.25, -0.2) is 13.2 Å². The van der Waals surface area contributed by atoms with Crippen molar-refractivity contribution in [2.75, 3.05) is 5.32 Å². The van der Waals surface area contributed by atoms with Crippen molar-refractivity contribution in [3.63, 3.8) is 0 Å². The lowest BCUT2D eigenvalue weighted by Gasteiger charge is -2.15. The van der Waals surface area contributed by atoms with Gasteiger partial charge in [0.15, 0.2) is 23.6 Å². The van der Waals surface area contributed by atoms with Crippen LogP contribution in [0.4, 0.5) is 18.9 Å². The van der Waals surface area contributed by atoms with Crippen LogP contribution in [-0.2, 0) is 4.79 Å². The summed E-state index contributed by atoms with van der Waals surface area (Å²) in [6.07, 6.45) is -1.06. The largest absolute Gasteiger partial charge is 0.481 e. The second-order valence-corrected chi connectivity index (χ2v) is 4.86. The standard InChI is InChI=1S/C16H13F3N2O3/c1-8(24-10-4-2-9(3-5-10)15(20)22)16(23)21-12-7-6-11(17)13(18)14(12)19/h2-8H,1H3,(H2,20,22)(H,21,23)/t8-/m0/s1. The predicted molar refractivity (Wildman–Crippen MR) is 80.0 cm³/mol. The minimum absolute atomic E-state index is 0.267. The Bertz CT molecular complexity index is 779. The van der Waals surface area contributed by atoms with Crippen LogP contribution in [0.2, 0.25) is 0 Å². The van der Waals surface area contributed by atoms with E-state index in [0.29, 0.717) is 6.07 Å². The molecule has 0 bridgehead atoms. The lowest BCUT2D eigenvalue weighted by molar-refractivity contribution is -0.122.